The molecule has 18 heteroatoms. The molecule has 3 heterocycles. The highest BCUT2D eigenvalue weighted by molar-refractivity contribution is 8.18. The Morgan fingerprint density at radius 1 is 0.867 bits per heavy atom. The van der Waals surface area contributed by atoms with Crippen molar-refractivity contribution in [3.63, 3.8) is 0 Å². The summed E-state index contributed by atoms with van der Waals surface area (Å²) in [6.45, 7) is 3.22. The van der Waals surface area contributed by atoms with E-state index in [1.807, 2.05) is 0 Å². The Kier molecular flexibility index (Phi) is 11.5. The van der Waals surface area contributed by atoms with Gasteiger partial charge in [-0.25, -0.2) is 9.36 Å². The van der Waals surface area contributed by atoms with Crippen LogP contribution in [0.2, 0.25) is 0 Å². The van der Waals surface area contributed by atoms with Gasteiger partial charge in [-0.3, -0.25) is 39.6 Å². The number of hydrogen-bond donors (Lipinski definition) is 4. The van der Waals surface area contributed by atoms with Gasteiger partial charge in [0.2, 0.25) is 0 Å². The first-order valence-corrected chi connectivity index (χ1v) is 16.2. The van der Waals surface area contributed by atoms with Gasteiger partial charge in [0.15, 0.2) is 40.2 Å². The number of hydrogen-bond acceptors (Lipinski definition) is 14. The van der Waals surface area contributed by atoms with Gasteiger partial charge in [-0.2, -0.15) is 0 Å². The quantitative estimate of drug-likeness (QED) is 0.318. The fraction of sp³-hybridized carbons (Fsp3) is 0.481. The van der Waals surface area contributed by atoms with E-state index in [0.717, 1.165) is 9.36 Å². The predicted octanol–water partition coefficient (Wildman–Crippen LogP) is 1.11. The molecule has 2 aliphatic rings. The summed E-state index contributed by atoms with van der Waals surface area (Å²) in [6.07, 6.45) is -0.795. The van der Waals surface area contributed by atoms with Crippen LogP contribution in [0.5, 0.6) is 0 Å². The first kappa shape index (κ1) is 33.9. The molecule has 0 radical (unpaired) electrons. The molecular weight excluding hydrogens is 628 g/mol. The second-order valence-corrected chi connectivity index (χ2v) is 12.3. The molecule has 2 amide bonds. The van der Waals surface area contributed by atoms with Gasteiger partial charge in [-0.15, -0.1) is 33.7 Å². The summed E-state index contributed by atoms with van der Waals surface area (Å²) in [6, 6.07) is -2.04. The topological polar surface area (TPSA) is 228 Å². The van der Waals surface area contributed by atoms with Crippen molar-refractivity contribution < 1.29 is 39.0 Å². The standard InChI is InChI=1S/C27H32N8O8S2/c1-3-17(37)23-25(18(38)4-2)34(32-29-23)15-11-21(41)16(12-20(15)40)35-26-24(30-33-35)19(39)6-5-14(36)7-9-44-13-45-10-8-22(42)28-31-27(26)43/h7-10,15-16,20-21,40-41H,3-6,11-13H2,1-2H3,(H,28,42)(H,31,43). The number of aliphatic hydroxyl groups is 2. The van der Waals surface area contributed by atoms with Crippen molar-refractivity contribution in [3.8, 4) is 0 Å². The van der Waals surface area contributed by atoms with Crippen LogP contribution in [0.4, 0.5) is 0 Å². The van der Waals surface area contributed by atoms with Gasteiger partial charge >= 0.3 is 0 Å². The second kappa shape index (κ2) is 15.3. The molecule has 1 aliphatic carbocycles. The summed E-state index contributed by atoms with van der Waals surface area (Å²) >= 11 is 2.61. The molecule has 0 aromatic carbocycles. The number of thioether (sulfide) groups is 2. The van der Waals surface area contributed by atoms with Gasteiger partial charge in [0.1, 0.15) is 5.69 Å². The molecule has 1 saturated carbocycles. The molecule has 4 N–H and O–H groups in total. The van der Waals surface area contributed by atoms with Gasteiger partial charge in [-0.1, -0.05) is 24.3 Å². The Balaban J connectivity index is 1.65. The number of carbonyl (C=O) groups is 6. The molecule has 0 saturated heterocycles. The molecule has 0 spiro atoms. The van der Waals surface area contributed by atoms with Gasteiger partial charge < -0.3 is 10.2 Å². The fourth-order valence-corrected chi connectivity index (χ4v) is 6.30. The highest BCUT2D eigenvalue weighted by Crippen LogP contribution is 2.37. The molecule has 240 valence electrons. The van der Waals surface area contributed by atoms with E-state index in [0.29, 0.717) is 5.08 Å². The number of nitrogens with zero attached hydrogens (tertiary/aromatic N) is 6. The van der Waals surface area contributed by atoms with Crippen molar-refractivity contribution in [2.75, 3.05) is 5.08 Å². The van der Waals surface area contributed by atoms with Crippen molar-refractivity contribution in [3.05, 3.63) is 45.7 Å². The Morgan fingerprint density at radius 3 is 2.16 bits per heavy atom. The van der Waals surface area contributed by atoms with Crippen LogP contribution in [0.25, 0.3) is 0 Å². The minimum absolute atomic E-state index is 0.0472. The largest absolute Gasteiger partial charge is 0.391 e. The number of carbonyl (C=O) groups excluding carboxylic acids is 6. The minimum atomic E-state index is -1.31. The van der Waals surface area contributed by atoms with Crippen LogP contribution in [0, 0.1) is 0 Å². The summed E-state index contributed by atoms with van der Waals surface area (Å²) in [7, 11) is 0. The number of amides is 2. The van der Waals surface area contributed by atoms with Crippen LogP contribution in [0.3, 0.4) is 0 Å². The number of hydrazine groups is 1. The summed E-state index contributed by atoms with van der Waals surface area (Å²) in [5, 5.41) is 41.8. The van der Waals surface area contributed by atoms with Crippen molar-refractivity contribution >= 4 is 58.5 Å². The lowest BCUT2D eigenvalue weighted by atomic mass is 9.85. The number of nitrogens with one attached hydrogen (secondary N) is 2. The predicted molar refractivity (Wildman–Crippen MR) is 161 cm³/mol. The maximum Gasteiger partial charge on any atom is 0.290 e. The molecule has 4 unspecified atom stereocenters. The van der Waals surface area contributed by atoms with E-state index in [9.17, 15) is 39.0 Å². The molecular formula is C27H32N8O8S2. The number of aromatic nitrogens is 6. The number of fused-ring (bicyclic) bond motifs is 1. The fourth-order valence-electron chi connectivity index (χ4n) is 4.89. The lowest BCUT2D eigenvalue weighted by Gasteiger charge is -2.37. The smallest absolute Gasteiger partial charge is 0.290 e. The van der Waals surface area contributed by atoms with Crippen LogP contribution in [0.1, 0.15) is 106 Å². The average molecular weight is 661 g/mol. The Hall–Kier alpha value is -4.00. The summed E-state index contributed by atoms with van der Waals surface area (Å²) in [5.74, 6) is -3.43. The maximum absolute atomic E-state index is 13.3. The van der Waals surface area contributed by atoms with E-state index < -0.39 is 59.1 Å². The van der Waals surface area contributed by atoms with Crippen LogP contribution in [-0.2, 0) is 9.59 Å². The zero-order valence-corrected chi connectivity index (χ0v) is 26.0. The van der Waals surface area contributed by atoms with Gasteiger partial charge in [0.25, 0.3) is 11.8 Å². The summed E-state index contributed by atoms with van der Waals surface area (Å²) < 4.78 is 2.16. The zero-order chi connectivity index (χ0) is 32.7. The lowest BCUT2D eigenvalue weighted by molar-refractivity contribution is -0.117. The average Bonchev–Trinajstić information content (AvgIpc) is 3.67. The minimum Gasteiger partial charge on any atom is -0.391 e. The van der Waals surface area contributed by atoms with Crippen molar-refractivity contribution in [1.29, 1.82) is 0 Å². The number of Topliss-reactive ketones (excluding diaryl/α,β-unsaturated/α-hetero) is 3. The molecule has 4 rings (SSSR count). The normalized spacial score (nSPS) is 23.6. The third-order valence-electron chi connectivity index (χ3n) is 7.22. The van der Waals surface area contributed by atoms with Gasteiger partial charge in [-0.05, 0) is 16.9 Å². The number of aliphatic hydroxyl groups excluding tert-OH is 2. The highest BCUT2D eigenvalue weighted by Gasteiger charge is 2.43. The zero-order valence-electron chi connectivity index (χ0n) is 24.4. The van der Waals surface area contributed by atoms with Crippen LogP contribution in [-0.4, -0.2) is 92.4 Å². The van der Waals surface area contributed by atoms with Crippen molar-refractivity contribution in [2.45, 2.75) is 76.7 Å². The van der Waals surface area contributed by atoms with Crippen LogP contribution in [0.15, 0.2) is 23.0 Å². The summed E-state index contributed by atoms with van der Waals surface area (Å²) in [5.41, 5.74) is 3.47. The maximum atomic E-state index is 13.3. The van der Waals surface area contributed by atoms with E-state index >= 15 is 0 Å². The van der Waals surface area contributed by atoms with Gasteiger partial charge in [0.05, 0.1) is 24.3 Å². The highest BCUT2D eigenvalue weighted by atomic mass is 32.2. The number of allylic oxidation sites excluding steroid dienone is 1. The molecule has 1 aliphatic heterocycles. The van der Waals surface area contributed by atoms with E-state index in [4.69, 9.17) is 0 Å². The first-order chi connectivity index (χ1) is 21.6. The van der Waals surface area contributed by atoms with E-state index in [1.165, 1.54) is 41.1 Å². The SMILES string of the molecule is CCC(=O)c1nnn(C2CC(O)C(n3nnc4c3C(=O)NNC(=O)C=CSCSC=CC(=O)CCC4=O)CC2O)c1C(=O)CC. The van der Waals surface area contributed by atoms with E-state index in [2.05, 4.69) is 31.5 Å². The molecule has 0 bridgehead atoms. The van der Waals surface area contributed by atoms with Crippen molar-refractivity contribution in [1.82, 2.24) is 40.8 Å². The molecule has 2 aromatic heterocycles. The number of ketones is 4. The van der Waals surface area contributed by atoms with E-state index in [1.54, 1.807) is 19.3 Å². The molecule has 16 nitrogen and oxygen atoms in total. The Labute approximate surface area is 265 Å². The van der Waals surface area contributed by atoms with Crippen LogP contribution >= 0.6 is 23.5 Å². The Bertz CT molecular complexity index is 1550. The molecule has 2 aromatic rings. The van der Waals surface area contributed by atoms with Crippen molar-refractivity contribution in [2.24, 2.45) is 0 Å². The third-order valence-corrected chi connectivity index (χ3v) is 8.97. The Morgan fingerprint density at radius 2 is 1.49 bits per heavy atom. The lowest BCUT2D eigenvalue weighted by Crippen LogP contribution is -2.45. The molecule has 45 heavy (non-hydrogen) atoms. The van der Waals surface area contributed by atoms with Crippen LogP contribution < -0.4 is 10.9 Å². The second-order valence-electron chi connectivity index (χ2n) is 10.1. The number of rotatable bonds is 6. The molecule has 4 atom stereocenters. The third kappa shape index (κ3) is 7.81. The first-order valence-electron chi connectivity index (χ1n) is 14.1. The van der Waals surface area contributed by atoms with E-state index in [-0.39, 0.29) is 61.4 Å². The monoisotopic (exact) mass is 660 g/mol. The molecule has 1 fully saturated rings. The van der Waals surface area contributed by atoms with Gasteiger partial charge in [0, 0.05) is 49.7 Å². The summed E-state index contributed by atoms with van der Waals surface area (Å²) in [4.78, 5) is 76.2.